The van der Waals surface area contributed by atoms with Crippen LogP contribution in [-0.4, -0.2) is 25.5 Å². The summed E-state index contributed by atoms with van der Waals surface area (Å²) in [6.45, 7) is 5.67. The van der Waals surface area contributed by atoms with Gasteiger partial charge in [-0.3, -0.25) is 4.57 Å². The summed E-state index contributed by atoms with van der Waals surface area (Å²) in [6.07, 6.45) is 3.28. The van der Waals surface area contributed by atoms with E-state index in [2.05, 4.69) is 5.32 Å². The topological polar surface area (TPSA) is 52.1 Å². The fourth-order valence-electron chi connectivity index (χ4n) is 1.80. The highest BCUT2D eigenvalue weighted by Gasteiger charge is 2.39. The summed E-state index contributed by atoms with van der Waals surface area (Å²) in [5.74, 6) is 0.0242. The molecular formula is C9H21NO3P+. The van der Waals surface area contributed by atoms with Gasteiger partial charge in [0, 0.05) is 6.42 Å². The molecule has 0 aromatic carbocycles. The van der Waals surface area contributed by atoms with Crippen molar-refractivity contribution in [2.75, 3.05) is 19.8 Å². The molecule has 1 atom stereocenters. The molecule has 1 heterocycles. The average molecular weight is 222 g/mol. The summed E-state index contributed by atoms with van der Waals surface area (Å²) in [4.78, 5) is 0. The molecule has 5 heteroatoms. The zero-order chi connectivity index (χ0) is 10.4. The van der Waals surface area contributed by atoms with E-state index in [1.165, 1.54) is 6.42 Å². The first kappa shape index (κ1) is 12.2. The van der Waals surface area contributed by atoms with Gasteiger partial charge in [-0.05, 0) is 26.7 Å². The lowest BCUT2D eigenvalue weighted by molar-refractivity contribution is -0.679. The van der Waals surface area contributed by atoms with Gasteiger partial charge in [0.2, 0.25) is 0 Å². The molecule has 0 bridgehead atoms. The van der Waals surface area contributed by atoms with Gasteiger partial charge in [0.25, 0.3) is 0 Å². The summed E-state index contributed by atoms with van der Waals surface area (Å²) >= 11 is 0. The summed E-state index contributed by atoms with van der Waals surface area (Å²) in [5, 5.41) is 2.11. The van der Waals surface area contributed by atoms with E-state index < -0.39 is 7.60 Å². The first-order chi connectivity index (χ1) is 6.73. The second-order valence-electron chi connectivity index (χ2n) is 3.46. The molecule has 1 aliphatic rings. The van der Waals surface area contributed by atoms with Crippen LogP contribution in [0.5, 0.6) is 0 Å². The Labute approximate surface area is 85.9 Å². The Morgan fingerprint density at radius 2 is 1.93 bits per heavy atom. The standard InChI is InChI=1S/C9H20NO3P/c1-3-12-14(11,13-4-2)9-7-5-6-8-10-9/h9-10H,3-8H2,1-2H3/p+1. The number of piperidine rings is 1. The maximum Gasteiger partial charge on any atom is 0.387 e. The van der Waals surface area contributed by atoms with E-state index in [0.717, 1.165) is 19.4 Å². The minimum Gasteiger partial charge on any atom is -0.334 e. The molecule has 0 aromatic rings. The van der Waals surface area contributed by atoms with Crippen LogP contribution in [-0.2, 0) is 13.6 Å². The Bertz CT molecular complexity index is 194. The van der Waals surface area contributed by atoms with Gasteiger partial charge in [-0.15, -0.1) is 0 Å². The molecule has 1 unspecified atom stereocenters. The molecule has 84 valence electrons. The van der Waals surface area contributed by atoms with E-state index in [4.69, 9.17) is 9.05 Å². The van der Waals surface area contributed by atoms with Gasteiger partial charge in [-0.2, -0.15) is 0 Å². The van der Waals surface area contributed by atoms with Crippen molar-refractivity contribution in [1.82, 2.24) is 0 Å². The number of hydrogen-bond acceptors (Lipinski definition) is 3. The lowest BCUT2D eigenvalue weighted by Gasteiger charge is -2.26. The van der Waals surface area contributed by atoms with Crippen molar-refractivity contribution >= 4 is 7.60 Å². The Hall–Kier alpha value is 0.110. The fourth-order valence-corrected chi connectivity index (χ4v) is 3.89. The van der Waals surface area contributed by atoms with Crippen molar-refractivity contribution < 1.29 is 18.9 Å². The Balaban J connectivity index is 2.59. The number of hydrogen-bond donors (Lipinski definition) is 1. The largest absolute Gasteiger partial charge is 0.387 e. The number of nitrogens with two attached hydrogens (primary N) is 1. The van der Waals surface area contributed by atoms with Crippen LogP contribution in [0.25, 0.3) is 0 Å². The molecule has 0 spiro atoms. The summed E-state index contributed by atoms with van der Waals surface area (Å²) in [7, 11) is -2.85. The SMILES string of the molecule is CCOP(=O)(OCC)C1CCCC[NH2+]1. The van der Waals surface area contributed by atoms with E-state index >= 15 is 0 Å². The second kappa shape index (κ2) is 5.86. The Morgan fingerprint density at radius 3 is 2.36 bits per heavy atom. The minimum absolute atomic E-state index is 0.0242. The highest BCUT2D eigenvalue weighted by Crippen LogP contribution is 2.52. The molecule has 0 aromatic heterocycles. The van der Waals surface area contributed by atoms with Gasteiger partial charge in [-0.1, -0.05) is 0 Å². The van der Waals surface area contributed by atoms with Gasteiger partial charge in [-0.25, -0.2) is 0 Å². The third-order valence-corrected chi connectivity index (χ3v) is 4.93. The third kappa shape index (κ3) is 3.06. The zero-order valence-corrected chi connectivity index (χ0v) is 9.96. The molecule has 1 fully saturated rings. The smallest absolute Gasteiger partial charge is 0.334 e. The summed E-state index contributed by atoms with van der Waals surface area (Å²) < 4.78 is 22.9. The van der Waals surface area contributed by atoms with Gasteiger partial charge in [0.1, 0.15) is 0 Å². The number of rotatable bonds is 5. The molecule has 4 nitrogen and oxygen atoms in total. The minimum atomic E-state index is -2.85. The van der Waals surface area contributed by atoms with Gasteiger partial charge >= 0.3 is 7.60 Å². The number of quaternary nitrogens is 1. The van der Waals surface area contributed by atoms with Crippen molar-refractivity contribution in [3.8, 4) is 0 Å². The van der Waals surface area contributed by atoms with Gasteiger partial charge in [0.15, 0.2) is 5.78 Å². The van der Waals surface area contributed by atoms with Crippen LogP contribution in [0.15, 0.2) is 0 Å². The molecule has 1 saturated heterocycles. The van der Waals surface area contributed by atoms with Crippen molar-refractivity contribution in [2.24, 2.45) is 0 Å². The monoisotopic (exact) mass is 222 g/mol. The van der Waals surface area contributed by atoms with Crippen LogP contribution in [0.2, 0.25) is 0 Å². The lowest BCUT2D eigenvalue weighted by Crippen LogP contribution is -2.91. The van der Waals surface area contributed by atoms with Crippen molar-refractivity contribution in [2.45, 2.75) is 38.9 Å². The zero-order valence-electron chi connectivity index (χ0n) is 9.07. The Morgan fingerprint density at radius 1 is 1.29 bits per heavy atom. The Kier molecular flexibility index (Phi) is 5.10. The van der Waals surface area contributed by atoms with E-state index in [1.807, 2.05) is 13.8 Å². The summed E-state index contributed by atoms with van der Waals surface area (Å²) in [5.41, 5.74) is 0. The van der Waals surface area contributed by atoms with Crippen LogP contribution in [0, 0.1) is 0 Å². The molecule has 1 rings (SSSR count). The second-order valence-corrected chi connectivity index (χ2v) is 5.72. The van der Waals surface area contributed by atoms with E-state index in [1.54, 1.807) is 0 Å². The molecule has 0 amide bonds. The fraction of sp³-hybridized carbons (Fsp3) is 1.00. The van der Waals surface area contributed by atoms with Gasteiger partial charge < -0.3 is 14.4 Å². The van der Waals surface area contributed by atoms with Crippen molar-refractivity contribution in [3.63, 3.8) is 0 Å². The molecule has 0 saturated carbocycles. The van der Waals surface area contributed by atoms with Crippen LogP contribution in [0.4, 0.5) is 0 Å². The normalized spacial score (nSPS) is 23.7. The predicted molar refractivity (Wildman–Crippen MR) is 55.3 cm³/mol. The third-order valence-electron chi connectivity index (χ3n) is 2.42. The summed E-state index contributed by atoms with van der Waals surface area (Å²) in [6, 6.07) is 0. The first-order valence-corrected chi connectivity index (χ1v) is 7.06. The van der Waals surface area contributed by atoms with E-state index in [0.29, 0.717) is 13.2 Å². The average Bonchev–Trinajstić information content (AvgIpc) is 2.20. The molecular weight excluding hydrogens is 201 g/mol. The molecule has 14 heavy (non-hydrogen) atoms. The molecule has 0 radical (unpaired) electrons. The molecule has 0 aliphatic carbocycles. The first-order valence-electron chi connectivity index (χ1n) is 5.45. The predicted octanol–water partition coefficient (Wildman–Crippen LogP) is 1.33. The highest BCUT2D eigenvalue weighted by atomic mass is 31.2. The van der Waals surface area contributed by atoms with Crippen molar-refractivity contribution in [1.29, 1.82) is 0 Å². The van der Waals surface area contributed by atoms with Crippen LogP contribution in [0.1, 0.15) is 33.1 Å². The quantitative estimate of drug-likeness (QED) is 0.714. The maximum atomic E-state index is 12.3. The van der Waals surface area contributed by atoms with E-state index in [9.17, 15) is 4.57 Å². The maximum absolute atomic E-state index is 12.3. The van der Waals surface area contributed by atoms with Crippen LogP contribution in [0.3, 0.4) is 0 Å². The van der Waals surface area contributed by atoms with Crippen LogP contribution < -0.4 is 5.32 Å². The molecule has 2 N–H and O–H groups in total. The van der Waals surface area contributed by atoms with Crippen molar-refractivity contribution in [3.05, 3.63) is 0 Å². The molecule has 1 aliphatic heterocycles. The van der Waals surface area contributed by atoms with E-state index in [-0.39, 0.29) is 5.78 Å². The van der Waals surface area contributed by atoms with Gasteiger partial charge in [0.05, 0.1) is 19.8 Å². The lowest BCUT2D eigenvalue weighted by atomic mass is 10.2. The highest BCUT2D eigenvalue weighted by molar-refractivity contribution is 7.54. The van der Waals surface area contributed by atoms with Crippen LogP contribution >= 0.6 is 7.60 Å².